The maximum absolute atomic E-state index is 13.3. The molecule has 2 aromatic rings. The van der Waals surface area contributed by atoms with E-state index in [2.05, 4.69) is 25.5 Å². The Bertz CT molecular complexity index is 1100. The largest absolute Gasteiger partial charge is 0.379 e. The van der Waals surface area contributed by atoms with Crippen molar-refractivity contribution < 1.29 is 13.2 Å². The van der Waals surface area contributed by atoms with Gasteiger partial charge in [-0.05, 0) is 43.5 Å². The summed E-state index contributed by atoms with van der Waals surface area (Å²) >= 11 is 0. The number of ether oxygens (including phenoxy) is 1. The monoisotopic (exact) mass is 541 g/mol. The van der Waals surface area contributed by atoms with E-state index in [9.17, 15) is 8.42 Å². The van der Waals surface area contributed by atoms with Gasteiger partial charge in [-0.1, -0.05) is 43.2 Å². The first-order valence-corrected chi connectivity index (χ1v) is 14.9. The molecule has 1 fully saturated rings. The predicted molar refractivity (Wildman–Crippen MR) is 150 cm³/mol. The molecule has 1 aliphatic heterocycles. The van der Waals surface area contributed by atoms with Crippen LogP contribution in [-0.2, 0) is 21.3 Å². The van der Waals surface area contributed by atoms with Gasteiger partial charge in [-0.3, -0.25) is 20.2 Å². The first kappa shape index (κ1) is 29.5. The Morgan fingerprint density at radius 3 is 2.53 bits per heavy atom. The number of aliphatic imine (C=N–C) groups is 1. The van der Waals surface area contributed by atoms with Gasteiger partial charge in [0, 0.05) is 50.8 Å². The number of nitriles is 1. The lowest BCUT2D eigenvalue weighted by Crippen LogP contribution is -2.39. The number of rotatable bonds is 15. The number of hydrogen-bond acceptors (Lipinski definition) is 7. The van der Waals surface area contributed by atoms with Crippen LogP contribution < -0.4 is 10.6 Å². The zero-order valence-corrected chi connectivity index (χ0v) is 22.8. The number of nitrogens with one attached hydrogen (secondary N) is 2. The Kier molecular flexibility index (Phi) is 13.0. The van der Waals surface area contributed by atoms with Crippen molar-refractivity contribution in [3.8, 4) is 6.19 Å². The lowest BCUT2D eigenvalue weighted by atomic mass is 10.2. The molecule has 1 saturated heterocycles. The van der Waals surface area contributed by atoms with Crippen molar-refractivity contribution in [3.63, 3.8) is 0 Å². The molecule has 2 heterocycles. The Morgan fingerprint density at radius 2 is 1.79 bits per heavy atom. The fraction of sp³-hybridized carbons (Fsp3) is 0.519. The minimum atomic E-state index is -3.37. The van der Waals surface area contributed by atoms with Gasteiger partial charge in [0.05, 0.1) is 19.0 Å². The van der Waals surface area contributed by atoms with Gasteiger partial charge >= 0.3 is 0 Å². The highest BCUT2D eigenvalue weighted by Gasteiger charge is 2.22. The molecular weight excluding hydrogens is 502 g/mol. The van der Waals surface area contributed by atoms with Crippen LogP contribution in [-0.4, -0.2) is 80.3 Å². The quantitative estimate of drug-likeness (QED) is 0.116. The molecule has 0 aliphatic carbocycles. The second kappa shape index (κ2) is 16.7. The second-order valence-electron chi connectivity index (χ2n) is 9.18. The fourth-order valence-corrected chi connectivity index (χ4v) is 5.78. The molecule has 1 aromatic carbocycles. The number of nitrogens with zero attached hydrogens (tertiary/aromatic N) is 5. The highest BCUT2D eigenvalue weighted by atomic mass is 32.2. The molecule has 0 amide bonds. The lowest BCUT2D eigenvalue weighted by molar-refractivity contribution is 0.0368. The molecule has 38 heavy (non-hydrogen) atoms. The molecule has 3 rings (SSSR count). The van der Waals surface area contributed by atoms with Crippen LogP contribution >= 0.6 is 0 Å². The molecule has 2 N–H and O–H groups in total. The molecule has 1 aliphatic rings. The summed E-state index contributed by atoms with van der Waals surface area (Å²) < 4.78 is 33.6. The van der Waals surface area contributed by atoms with Crippen LogP contribution in [0.25, 0.3) is 0 Å². The summed E-state index contributed by atoms with van der Waals surface area (Å²) in [6.45, 7) is 5.64. The van der Waals surface area contributed by atoms with Crippen molar-refractivity contribution in [2.75, 3.05) is 57.0 Å². The molecule has 206 valence electrons. The summed E-state index contributed by atoms with van der Waals surface area (Å²) in [7, 11) is -3.37. The lowest BCUT2D eigenvalue weighted by Gasteiger charge is -2.28. The smallest absolute Gasteiger partial charge is 0.214 e. The van der Waals surface area contributed by atoms with Crippen molar-refractivity contribution in [1.29, 1.82) is 5.26 Å². The summed E-state index contributed by atoms with van der Waals surface area (Å²) in [6, 6.07) is 13.4. The van der Waals surface area contributed by atoms with Crippen LogP contribution in [0.2, 0.25) is 0 Å². The Balaban J connectivity index is 1.42. The molecule has 0 radical (unpaired) electrons. The third-order valence-electron chi connectivity index (χ3n) is 6.28. The van der Waals surface area contributed by atoms with Crippen molar-refractivity contribution in [2.24, 2.45) is 4.99 Å². The average molecular weight is 542 g/mol. The Morgan fingerprint density at radius 1 is 1.05 bits per heavy atom. The minimum Gasteiger partial charge on any atom is -0.379 e. The van der Waals surface area contributed by atoms with Gasteiger partial charge in [0.1, 0.15) is 0 Å². The van der Waals surface area contributed by atoms with E-state index in [0.717, 1.165) is 69.8 Å². The topological polar surface area (TPSA) is 123 Å². The van der Waals surface area contributed by atoms with Crippen LogP contribution in [0, 0.1) is 11.5 Å². The van der Waals surface area contributed by atoms with Crippen LogP contribution in [0.1, 0.15) is 37.7 Å². The van der Waals surface area contributed by atoms with E-state index in [-0.39, 0.29) is 5.75 Å². The maximum atomic E-state index is 13.3. The van der Waals surface area contributed by atoms with Crippen LogP contribution in [0.3, 0.4) is 0 Å². The summed E-state index contributed by atoms with van der Waals surface area (Å²) in [6.07, 6.45) is 9.10. The molecular formula is C27H39N7O3S. The predicted octanol–water partition coefficient (Wildman–Crippen LogP) is 3.03. The first-order chi connectivity index (χ1) is 18.6. The van der Waals surface area contributed by atoms with Crippen molar-refractivity contribution in [2.45, 2.75) is 38.6 Å². The number of morpholine rings is 1. The molecule has 0 saturated carbocycles. The van der Waals surface area contributed by atoms with E-state index in [1.807, 2.05) is 36.5 Å². The average Bonchev–Trinajstić information content (AvgIpc) is 2.94. The zero-order valence-electron chi connectivity index (χ0n) is 22.0. The summed E-state index contributed by atoms with van der Waals surface area (Å²) in [4.78, 5) is 10.7. The van der Waals surface area contributed by atoms with Crippen molar-refractivity contribution in [1.82, 2.24) is 19.5 Å². The minimum absolute atomic E-state index is 0.144. The third kappa shape index (κ3) is 11.1. The molecule has 1 aromatic heterocycles. The number of guanidine groups is 1. The van der Waals surface area contributed by atoms with E-state index in [0.29, 0.717) is 32.0 Å². The molecule has 0 unspecified atom stereocenters. The van der Waals surface area contributed by atoms with Crippen molar-refractivity contribution >= 4 is 21.7 Å². The molecule has 0 bridgehead atoms. The Labute approximate surface area is 226 Å². The van der Waals surface area contributed by atoms with Gasteiger partial charge in [0.2, 0.25) is 16.0 Å². The second-order valence-corrected chi connectivity index (χ2v) is 11.3. The van der Waals surface area contributed by atoms with Gasteiger partial charge in [0.15, 0.2) is 6.19 Å². The highest BCUT2D eigenvalue weighted by molar-refractivity contribution is 7.89. The van der Waals surface area contributed by atoms with Gasteiger partial charge < -0.3 is 10.1 Å². The number of aromatic nitrogens is 1. The van der Waals surface area contributed by atoms with Gasteiger partial charge in [-0.2, -0.15) is 9.57 Å². The fourth-order valence-electron chi connectivity index (χ4n) is 4.20. The van der Waals surface area contributed by atoms with Gasteiger partial charge in [0.25, 0.3) is 0 Å². The number of unbranched alkanes of at least 4 members (excludes halogenated alkanes) is 3. The standard InChI is InChI=1S/C27H39N7O3S/c28-24-31-27(32-26-11-14-29-15-12-26)30-13-6-1-2-7-22-38(35,36)34(23-25-9-4-3-5-10-25)17-8-16-33-18-20-37-21-19-33/h3-5,9-12,14-15H,1-2,6-8,13,16-23H2,(H2,29,30,31,32). The number of pyridine rings is 1. The van der Waals surface area contributed by atoms with E-state index >= 15 is 0 Å². The normalized spacial score (nSPS) is 14.8. The van der Waals surface area contributed by atoms with E-state index in [4.69, 9.17) is 10.00 Å². The summed E-state index contributed by atoms with van der Waals surface area (Å²) in [5.74, 6) is 0.529. The van der Waals surface area contributed by atoms with Gasteiger partial charge in [-0.15, -0.1) is 0 Å². The molecule has 0 atom stereocenters. The third-order valence-corrected chi connectivity index (χ3v) is 8.18. The van der Waals surface area contributed by atoms with E-state index in [1.54, 1.807) is 28.8 Å². The number of anilines is 1. The molecule has 11 heteroatoms. The first-order valence-electron chi connectivity index (χ1n) is 13.3. The summed E-state index contributed by atoms with van der Waals surface area (Å²) in [5, 5.41) is 14.6. The summed E-state index contributed by atoms with van der Waals surface area (Å²) in [5.41, 5.74) is 1.79. The van der Waals surface area contributed by atoms with Crippen molar-refractivity contribution in [3.05, 3.63) is 60.4 Å². The SMILES string of the molecule is N#CNC(=NCCCCCCS(=O)(=O)N(CCCN1CCOCC1)Cc1ccccc1)Nc1ccncc1. The van der Waals surface area contributed by atoms with Crippen LogP contribution in [0.5, 0.6) is 0 Å². The van der Waals surface area contributed by atoms with Gasteiger partial charge in [-0.25, -0.2) is 8.42 Å². The number of sulfonamides is 1. The van der Waals surface area contributed by atoms with E-state index in [1.165, 1.54) is 0 Å². The Hall–Kier alpha value is -3.04. The maximum Gasteiger partial charge on any atom is 0.214 e. The highest BCUT2D eigenvalue weighted by Crippen LogP contribution is 2.14. The molecule has 0 spiro atoms. The van der Waals surface area contributed by atoms with Crippen LogP contribution in [0.15, 0.2) is 59.9 Å². The number of hydrogen-bond donors (Lipinski definition) is 2. The zero-order chi connectivity index (χ0) is 26.9. The van der Waals surface area contributed by atoms with E-state index < -0.39 is 10.0 Å². The number of benzene rings is 1. The van der Waals surface area contributed by atoms with Crippen LogP contribution in [0.4, 0.5) is 5.69 Å². The molecule has 10 nitrogen and oxygen atoms in total.